The van der Waals surface area contributed by atoms with E-state index >= 15 is 0 Å². The van der Waals surface area contributed by atoms with Crippen molar-refractivity contribution in [1.82, 2.24) is 15.0 Å². The summed E-state index contributed by atoms with van der Waals surface area (Å²) in [6.07, 6.45) is 5.76. The van der Waals surface area contributed by atoms with Crippen LogP contribution in [0.15, 0.2) is 60.4 Å². The molecule has 4 aromatic rings. The van der Waals surface area contributed by atoms with Gasteiger partial charge >= 0.3 is 0 Å². The molecule has 1 aliphatic heterocycles. The van der Waals surface area contributed by atoms with Crippen LogP contribution >= 0.6 is 22.9 Å². The predicted molar refractivity (Wildman–Crippen MR) is 111 cm³/mol. The van der Waals surface area contributed by atoms with Crippen molar-refractivity contribution >= 4 is 39.0 Å². The lowest BCUT2D eigenvalue weighted by atomic mass is 10.1. The maximum Gasteiger partial charge on any atom is 0.141 e. The third kappa shape index (κ3) is 2.97. The van der Waals surface area contributed by atoms with Crippen molar-refractivity contribution in [1.29, 1.82) is 0 Å². The zero-order chi connectivity index (χ0) is 18.2. The number of nitrogens with zero attached hydrogens (tertiary/aromatic N) is 4. The molecule has 6 heteroatoms. The molecule has 4 heterocycles. The monoisotopic (exact) mass is 392 g/mol. The van der Waals surface area contributed by atoms with Crippen LogP contribution in [-0.2, 0) is 0 Å². The number of hydrogen-bond donors (Lipinski definition) is 0. The highest BCUT2D eigenvalue weighted by Gasteiger charge is 2.30. The van der Waals surface area contributed by atoms with E-state index < -0.39 is 0 Å². The van der Waals surface area contributed by atoms with E-state index in [2.05, 4.69) is 44.5 Å². The van der Waals surface area contributed by atoms with E-state index in [0.29, 0.717) is 0 Å². The van der Waals surface area contributed by atoms with Gasteiger partial charge in [-0.15, -0.1) is 11.3 Å². The second-order valence-electron chi connectivity index (χ2n) is 6.64. The summed E-state index contributed by atoms with van der Waals surface area (Å²) in [4.78, 5) is 17.2. The van der Waals surface area contributed by atoms with Crippen molar-refractivity contribution in [3.63, 3.8) is 0 Å². The van der Waals surface area contributed by atoms with Gasteiger partial charge in [0, 0.05) is 28.7 Å². The zero-order valence-corrected chi connectivity index (χ0v) is 16.1. The Morgan fingerprint density at radius 1 is 1.04 bits per heavy atom. The highest BCUT2D eigenvalue weighted by molar-refractivity contribution is 7.17. The third-order valence-corrected chi connectivity index (χ3v) is 6.20. The molecular weight excluding hydrogens is 376 g/mol. The molecule has 1 aliphatic rings. The summed E-state index contributed by atoms with van der Waals surface area (Å²) in [5.41, 5.74) is 3.40. The maximum absolute atomic E-state index is 6.08. The minimum absolute atomic E-state index is 0.252. The molecule has 1 fully saturated rings. The Hall–Kier alpha value is -2.50. The van der Waals surface area contributed by atoms with E-state index in [1.807, 2.05) is 24.4 Å². The molecule has 1 unspecified atom stereocenters. The molecule has 1 saturated heterocycles. The highest BCUT2D eigenvalue weighted by Crippen LogP contribution is 2.42. The number of hydrogen-bond acceptors (Lipinski definition) is 5. The van der Waals surface area contributed by atoms with Gasteiger partial charge < -0.3 is 4.90 Å². The van der Waals surface area contributed by atoms with Crippen molar-refractivity contribution in [2.45, 2.75) is 18.9 Å². The summed E-state index contributed by atoms with van der Waals surface area (Å²) in [6, 6.07) is 14.3. The lowest BCUT2D eigenvalue weighted by Gasteiger charge is -2.26. The van der Waals surface area contributed by atoms with E-state index in [1.165, 1.54) is 0 Å². The molecule has 0 spiro atoms. The fraction of sp³-hybridized carbons (Fsp3) is 0.190. The van der Waals surface area contributed by atoms with Crippen molar-refractivity contribution in [3.05, 3.63) is 71.1 Å². The lowest BCUT2D eigenvalue weighted by molar-refractivity contribution is 0.689. The van der Waals surface area contributed by atoms with Gasteiger partial charge in [0.25, 0.3) is 0 Å². The summed E-state index contributed by atoms with van der Waals surface area (Å²) in [5, 5.41) is 4.02. The number of anilines is 1. The molecule has 27 heavy (non-hydrogen) atoms. The molecule has 134 valence electrons. The first kappa shape index (κ1) is 16.7. The summed E-state index contributed by atoms with van der Waals surface area (Å²) < 4.78 is 0. The lowest BCUT2D eigenvalue weighted by Crippen LogP contribution is -2.24. The molecule has 5 rings (SSSR count). The van der Waals surface area contributed by atoms with Crippen molar-refractivity contribution in [2.24, 2.45) is 0 Å². The summed E-state index contributed by atoms with van der Waals surface area (Å²) in [7, 11) is 0. The Morgan fingerprint density at radius 3 is 2.74 bits per heavy atom. The topological polar surface area (TPSA) is 41.9 Å². The van der Waals surface area contributed by atoms with E-state index in [4.69, 9.17) is 16.6 Å². The molecule has 1 atom stereocenters. The number of rotatable bonds is 3. The van der Waals surface area contributed by atoms with Crippen LogP contribution in [0.3, 0.4) is 0 Å². The van der Waals surface area contributed by atoms with E-state index in [-0.39, 0.29) is 6.04 Å². The van der Waals surface area contributed by atoms with Gasteiger partial charge in [-0.1, -0.05) is 29.8 Å². The van der Waals surface area contributed by atoms with Crippen LogP contribution in [-0.4, -0.2) is 21.5 Å². The van der Waals surface area contributed by atoms with E-state index in [9.17, 15) is 0 Å². The minimum atomic E-state index is 0.252. The zero-order valence-electron chi connectivity index (χ0n) is 14.5. The standard InChI is InChI=1S/C21H17ClN4S/c22-15-8-6-14(7-9-15)16-12-27-21-19(16)20(24-13-25-21)26-11-3-5-18(26)17-4-1-2-10-23-17/h1-2,4,6-10,12-13,18H,3,5,11H2. The van der Waals surface area contributed by atoms with Crippen LogP contribution in [0.4, 0.5) is 5.82 Å². The Bertz CT molecular complexity index is 1080. The Balaban J connectivity index is 1.65. The third-order valence-electron chi connectivity index (χ3n) is 5.06. The van der Waals surface area contributed by atoms with Gasteiger partial charge in [0.05, 0.1) is 17.1 Å². The first-order valence-electron chi connectivity index (χ1n) is 8.97. The van der Waals surface area contributed by atoms with Gasteiger partial charge in [0.15, 0.2) is 0 Å². The molecule has 0 bridgehead atoms. The SMILES string of the molecule is Clc1ccc(-c2csc3ncnc(N4CCCC4c4ccccn4)c23)cc1. The average molecular weight is 393 g/mol. The number of aromatic nitrogens is 3. The quantitative estimate of drug-likeness (QED) is 0.445. The van der Waals surface area contributed by atoms with Crippen molar-refractivity contribution in [3.8, 4) is 11.1 Å². The molecule has 0 N–H and O–H groups in total. The molecular formula is C21H17ClN4S. The average Bonchev–Trinajstić information content (AvgIpc) is 3.36. The van der Waals surface area contributed by atoms with Crippen LogP contribution in [0.25, 0.3) is 21.3 Å². The van der Waals surface area contributed by atoms with Gasteiger partial charge in [-0.25, -0.2) is 9.97 Å². The highest BCUT2D eigenvalue weighted by atomic mass is 35.5. The van der Waals surface area contributed by atoms with Crippen LogP contribution in [0, 0.1) is 0 Å². The molecule has 3 aromatic heterocycles. The normalized spacial score (nSPS) is 16.9. The predicted octanol–water partition coefficient (Wildman–Crippen LogP) is 5.75. The largest absolute Gasteiger partial charge is 0.347 e. The maximum atomic E-state index is 6.08. The molecule has 0 radical (unpaired) electrons. The van der Waals surface area contributed by atoms with Crippen LogP contribution in [0.1, 0.15) is 24.6 Å². The summed E-state index contributed by atoms with van der Waals surface area (Å²) in [6.45, 7) is 0.975. The first-order valence-corrected chi connectivity index (χ1v) is 10.2. The number of benzene rings is 1. The number of fused-ring (bicyclic) bond motifs is 1. The molecule has 1 aromatic carbocycles. The van der Waals surface area contributed by atoms with Gasteiger partial charge in [-0.3, -0.25) is 4.98 Å². The van der Waals surface area contributed by atoms with Gasteiger partial charge in [-0.05, 0) is 42.7 Å². The van der Waals surface area contributed by atoms with Crippen molar-refractivity contribution in [2.75, 3.05) is 11.4 Å². The fourth-order valence-electron chi connectivity index (χ4n) is 3.82. The number of halogens is 1. The second kappa shape index (κ2) is 6.91. The van der Waals surface area contributed by atoms with Crippen LogP contribution in [0.5, 0.6) is 0 Å². The Morgan fingerprint density at radius 2 is 1.93 bits per heavy atom. The van der Waals surface area contributed by atoms with Crippen molar-refractivity contribution < 1.29 is 0 Å². The number of pyridine rings is 1. The Kier molecular flexibility index (Phi) is 4.26. The van der Waals surface area contributed by atoms with Gasteiger partial charge in [0.1, 0.15) is 17.0 Å². The fourth-order valence-corrected chi connectivity index (χ4v) is 4.86. The summed E-state index contributed by atoms with van der Waals surface area (Å²) >= 11 is 7.73. The Labute approximate surface area is 166 Å². The first-order chi connectivity index (χ1) is 13.3. The smallest absolute Gasteiger partial charge is 0.141 e. The molecule has 0 amide bonds. The van der Waals surface area contributed by atoms with E-state index in [0.717, 1.165) is 57.3 Å². The van der Waals surface area contributed by atoms with Crippen LogP contribution in [0.2, 0.25) is 5.02 Å². The van der Waals surface area contributed by atoms with Crippen LogP contribution < -0.4 is 4.90 Å². The van der Waals surface area contributed by atoms with Gasteiger partial charge in [0.2, 0.25) is 0 Å². The number of thiophene rings is 1. The second-order valence-corrected chi connectivity index (χ2v) is 7.93. The summed E-state index contributed by atoms with van der Waals surface area (Å²) in [5.74, 6) is 0.999. The molecule has 4 nitrogen and oxygen atoms in total. The molecule has 0 saturated carbocycles. The van der Waals surface area contributed by atoms with E-state index in [1.54, 1.807) is 17.7 Å². The minimum Gasteiger partial charge on any atom is -0.347 e. The molecule has 0 aliphatic carbocycles. The van der Waals surface area contributed by atoms with Gasteiger partial charge in [-0.2, -0.15) is 0 Å².